The molecule has 0 aliphatic rings. The van der Waals surface area contributed by atoms with Gasteiger partial charge in [-0.25, -0.2) is 13.1 Å². The van der Waals surface area contributed by atoms with Crippen molar-refractivity contribution in [2.75, 3.05) is 10.5 Å². The van der Waals surface area contributed by atoms with E-state index in [9.17, 15) is 8.42 Å². The van der Waals surface area contributed by atoms with Crippen LogP contribution in [-0.2, 0) is 10.0 Å². The number of nitrogens with zero attached hydrogens (tertiary/aromatic N) is 1. The highest BCUT2D eigenvalue weighted by Crippen LogP contribution is 2.28. The number of nitrogen functional groups attached to an aromatic ring is 1. The molecular weight excluding hydrogens is 278 g/mol. The van der Waals surface area contributed by atoms with Gasteiger partial charge < -0.3 is 10.2 Å². The molecule has 1 heterocycles. The summed E-state index contributed by atoms with van der Waals surface area (Å²) in [6.07, 6.45) is 1.33. The maximum atomic E-state index is 12.1. The summed E-state index contributed by atoms with van der Waals surface area (Å²) in [6, 6.07) is 4.31. The van der Waals surface area contributed by atoms with Gasteiger partial charge in [0.15, 0.2) is 0 Å². The highest BCUT2D eigenvalue weighted by Gasteiger charge is 2.22. The first kappa shape index (κ1) is 12.7. The van der Waals surface area contributed by atoms with Gasteiger partial charge in [-0.3, -0.25) is 0 Å². The second-order valence-corrected chi connectivity index (χ2v) is 5.58. The summed E-state index contributed by atoms with van der Waals surface area (Å²) in [5, 5.41) is 0.0331. The van der Waals surface area contributed by atoms with Gasteiger partial charge in [-0.05, 0) is 19.1 Å². The fraction of sp³-hybridized carbons (Fsp3) is 0.100. The number of nitrogens with two attached hydrogens (primary N) is 1. The molecule has 2 rings (SSSR count). The van der Waals surface area contributed by atoms with Crippen molar-refractivity contribution in [3.8, 4) is 0 Å². The molecule has 0 amide bonds. The number of rotatable bonds is 3. The number of halogens is 1. The second kappa shape index (κ2) is 4.51. The van der Waals surface area contributed by atoms with E-state index in [0.29, 0.717) is 5.69 Å². The molecule has 6 nitrogen and oxygen atoms in total. The lowest BCUT2D eigenvalue weighted by Crippen LogP contribution is -2.15. The number of nitrogens with one attached hydrogen (secondary N) is 1. The Morgan fingerprint density at radius 3 is 2.72 bits per heavy atom. The van der Waals surface area contributed by atoms with Crippen molar-refractivity contribution in [2.45, 2.75) is 11.8 Å². The van der Waals surface area contributed by atoms with Crippen LogP contribution in [0.15, 0.2) is 33.8 Å². The lowest BCUT2D eigenvalue weighted by molar-refractivity contribution is 0.569. The molecule has 3 N–H and O–H groups in total. The van der Waals surface area contributed by atoms with Crippen LogP contribution in [0, 0.1) is 6.92 Å². The minimum absolute atomic E-state index is 0.0331. The summed E-state index contributed by atoms with van der Waals surface area (Å²) in [4.78, 5) is 3.65. The highest BCUT2D eigenvalue weighted by atomic mass is 35.5. The predicted octanol–water partition coefficient (Wildman–Crippen LogP) is 2.02. The molecule has 0 saturated heterocycles. The molecule has 8 heteroatoms. The fourth-order valence-electron chi connectivity index (χ4n) is 1.38. The number of aryl methyl sites for hydroxylation is 1. The van der Waals surface area contributed by atoms with E-state index in [2.05, 4.69) is 9.71 Å². The topological polar surface area (TPSA) is 98.2 Å². The molecule has 0 radical (unpaired) electrons. The van der Waals surface area contributed by atoms with Gasteiger partial charge in [-0.1, -0.05) is 17.7 Å². The molecule has 1 aromatic carbocycles. The lowest BCUT2D eigenvalue weighted by atomic mass is 10.3. The third-order valence-corrected chi connectivity index (χ3v) is 3.97. The number of oxazole rings is 1. The van der Waals surface area contributed by atoms with Crippen molar-refractivity contribution >= 4 is 33.3 Å². The molecule has 0 fully saturated rings. The first-order valence-electron chi connectivity index (χ1n) is 4.89. The summed E-state index contributed by atoms with van der Waals surface area (Å²) in [7, 11) is -3.92. The molecule has 0 aliphatic carbocycles. The zero-order chi connectivity index (χ0) is 13.3. The van der Waals surface area contributed by atoms with Crippen LogP contribution in [0.2, 0.25) is 5.02 Å². The Morgan fingerprint density at radius 2 is 2.17 bits per heavy atom. The van der Waals surface area contributed by atoms with Crippen molar-refractivity contribution in [3.05, 3.63) is 35.2 Å². The Bertz CT molecular complexity index is 661. The summed E-state index contributed by atoms with van der Waals surface area (Å²) in [6.45, 7) is 1.67. The van der Waals surface area contributed by atoms with Crippen molar-refractivity contribution < 1.29 is 12.8 Å². The van der Waals surface area contributed by atoms with Crippen LogP contribution in [0.4, 0.5) is 11.7 Å². The number of hydrogen-bond donors (Lipinski definition) is 2. The predicted molar refractivity (Wildman–Crippen MR) is 67.9 cm³/mol. The van der Waals surface area contributed by atoms with Gasteiger partial charge in [0.25, 0.3) is 10.0 Å². The summed E-state index contributed by atoms with van der Waals surface area (Å²) < 4.78 is 31.2. The standard InChI is InChI=1S/C10H10ClN3O3S/c1-6-5-17-10(13-6)14-18(15,16)9-7(11)3-2-4-8(9)12/h2-5H,12H2,1H3,(H,13,14). The van der Waals surface area contributed by atoms with E-state index < -0.39 is 10.0 Å². The Hall–Kier alpha value is -1.73. The van der Waals surface area contributed by atoms with Crippen molar-refractivity contribution in [3.63, 3.8) is 0 Å². The Labute approximate surface area is 109 Å². The van der Waals surface area contributed by atoms with Gasteiger partial charge >= 0.3 is 6.01 Å². The number of hydrogen-bond acceptors (Lipinski definition) is 5. The average molecular weight is 288 g/mol. The van der Waals surface area contributed by atoms with E-state index in [1.165, 1.54) is 18.4 Å². The largest absolute Gasteiger partial charge is 0.431 e. The van der Waals surface area contributed by atoms with Gasteiger partial charge in [-0.2, -0.15) is 4.98 Å². The molecule has 96 valence electrons. The van der Waals surface area contributed by atoms with Gasteiger partial charge in [0.1, 0.15) is 11.2 Å². The summed E-state index contributed by atoms with van der Waals surface area (Å²) in [5.41, 5.74) is 6.22. The van der Waals surface area contributed by atoms with Crippen LogP contribution in [0.3, 0.4) is 0 Å². The molecular formula is C10H10ClN3O3S. The van der Waals surface area contributed by atoms with Gasteiger partial charge in [0, 0.05) is 0 Å². The Balaban J connectivity index is 2.43. The van der Waals surface area contributed by atoms with Crippen LogP contribution in [-0.4, -0.2) is 13.4 Å². The summed E-state index contributed by atoms with van der Waals surface area (Å²) in [5.74, 6) is 0. The first-order valence-corrected chi connectivity index (χ1v) is 6.75. The zero-order valence-electron chi connectivity index (χ0n) is 9.34. The van der Waals surface area contributed by atoms with Crippen molar-refractivity contribution in [1.82, 2.24) is 4.98 Å². The molecule has 0 aliphatic heterocycles. The smallest absolute Gasteiger partial charge is 0.309 e. The molecule has 2 aromatic rings. The highest BCUT2D eigenvalue weighted by molar-refractivity contribution is 7.93. The minimum atomic E-state index is -3.92. The van der Waals surface area contributed by atoms with Crippen LogP contribution < -0.4 is 10.5 Å². The minimum Gasteiger partial charge on any atom is -0.431 e. The Morgan fingerprint density at radius 1 is 1.44 bits per heavy atom. The number of aromatic nitrogens is 1. The van der Waals surface area contributed by atoms with Crippen LogP contribution in [0.1, 0.15) is 5.69 Å². The SMILES string of the molecule is Cc1coc(NS(=O)(=O)c2c(N)cccc2Cl)n1. The zero-order valence-corrected chi connectivity index (χ0v) is 10.9. The lowest BCUT2D eigenvalue weighted by Gasteiger charge is -2.08. The molecule has 0 atom stereocenters. The molecule has 1 aromatic heterocycles. The van der Waals surface area contributed by atoms with E-state index in [1.807, 2.05) is 0 Å². The number of sulfonamides is 1. The Kier molecular flexibility index (Phi) is 3.18. The van der Waals surface area contributed by atoms with E-state index in [-0.39, 0.29) is 21.6 Å². The van der Waals surface area contributed by atoms with Crippen LogP contribution in [0.25, 0.3) is 0 Å². The molecule has 0 spiro atoms. The molecule has 18 heavy (non-hydrogen) atoms. The van der Waals surface area contributed by atoms with Crippen molar-refractivity contribution in [2.24, 2.45) is 0 Å². The quantitative estimate of drug-likeness (QED) is 0.842. The molecule has 0 saturated carbocycles. The maximum Gasteiger partial charge on any atom is 0.309 e. The average Bonchev–Trinajstić information content (AvgIpc) is 2.62. The molecule has 0 unspecified atom stereocenters. The molecule has 0 bridgehead atoms. The van der Waals surface area contributed by atoms with E-state index in [4.69, 9.17) is 21.8 Å². The number of benzene rings is 1. The summed E-state index contributed by atoms with van der Waals surface area (Å²) >= 11 is 5.84. The first-order chi connectivity index (χ1) is 8.40. The van der Waals surface area contributed by atoms with Crippen LogP contribution in [0.5, 0.6) is 0 Å². The number of anilines is 2. The van der Waals surface area contributed by atoms with Gasteiger partial charge in [0.2, 0.25) is 0 Å². The van der Waals surface area contributed by atoms with E-state index in [0.717, 1.165) is 0 Å². The monoisotopic (exact) mass is 287 g/mol. The van der Waals surface area contributed by atoms with Gasteiger partial charge in [-0.15, -0.1) is 0 Å². The van der Waals surface area contributed by atoms with Crippen LogP contribution >= 0.6 is 11.6 Å². The second-order valence-electron chi connectivity index (χ2n) is 3.56. The third kappa shape index (κ3) is 2.41. The van der Waals surface area contributed by atoms with Crippen molar-refractivity contribution in [1.29, 1.82) is 0 Å². The van der Waals surface area contributed by atoms with E-state index >= 15 is 0 Å². The van der Waals surface area contributed by atoms with Gasteiger partial charge in [0.05, 0.1) is 16.4 Å². The third-order valence-electron chi connectivity index (χ3n) is 2.11. The van der Waals surface area contributed by atoms with E-state index in [1.54, 1.807) is 13.0 Å². The maximum absolute atomic E-state index is 12.1. The fourth-order valence-corrected chi connectivity index (χ4v) is 2.99. The normalized spacial score (nSPS) is 11.4.